The van der Waals surface area contributed by atoms with E-state index >= 15 is 0 Å². The van der Waals surface area contributed by atoms with Crippen LogP contribution in [-0.2, 0) is 9.59 Å². The van der Waals surface area contributed by atoms with E-state index in [1.165, 1.54) is 0 Å². The fourth-order valence-electron chi connectivity index (χ4n) is 2.60. The minimum Gasteiger partial charge on any atom is -0.340 e. The average molecular weight is 288 g/mol. The molecule has 0 radical (unpaired) electrons. The van der Waals surface area contributed by atoms with Crippen LogP contribution in [0.25, 0.3) is 0 Å². The van der Waals surface area contributed by atoms with E-state index in [2.05, 4.69) is 19.2 Å². The molecule has 1 fully saturated rings. The van der Waals surface area contributed by atoms with Gasteiger partial charge < -0.3 is 5.32 Å². The van der Waals surface area contributed by atoms with Crippen molar-refractivity contribution in [3.63, 3.8) is 0 Å². The first-order valence-electron chi connectivity index (χ1n) is 7.56. The molecule has 0 spiro atoms. The van der Waals surface area contributed by atoms with Crippen molar-refractivity contribution in [2.45, 2.75) is 58.5 Å². The molecule has 1 saturated heterocycles. The summed E-state index contributed by atoms with van der Waals surface area (Å²) >= 11 is 0. The zero-order valence-electron chi connectivity index (χ0n) is 13.4. The van der Waals surface area contributed by atoms with Crippen molar-refractivity contribution in [2.24, 2.45) is 0 Å². The number of nitrogens with zero attached hydrogens (tertiary/aromatic N) is 1. The minimum atomic E-state index is -0.822. The second kappa shape index (κ2) is 5.51. The number of piperazine rings is 1. The number of carbonyl (C=O) groups excluding carboxylic acids is 2. The Morgan fingerprint density at radius 3 is 2.57 bits per heavy atom. The first-order chi connectivity index (χ1) is 9.80. The Kier molecular flexibility index (Phi) is 4.08. The van der Waals surface area contributed by atoms with Crippen LogP contribution in [0, 0.1) is 0 Å². The van der Waals surface area contributed by atoms with Crippen LogP contribution in [0.5, 0.6) is 0 Å². The van der Waals surface area contributed by atoms with Crippen LogP contribution in [0.15, 0.2) is 24.3 Å². The third kappa shape index (κ3) is 2.67. The lowest BCUT2D eigenvalue weighted by Gasteiger charge is -2.43. The highest BCUT2D eigenvalue weighted by atomic mass is 16.2. The van der Waals surface area contributed by atoms with E-state index in [1.807, 2.05) is 31.2 Å². The molecule has 1 N–H and O–H groups in total. The maximum atomic E-state index is 12.8. The SMILES string of the molecule is CCC1(C)NC(=O)C(C)N(c2cccc(C(C)C)c2)C1=O. The highest BCUT2D eigenvalue weighted by Gasteiger charge is 2.45. The summed E-state index contributed by atoms with van der Waals surface area (Å²) in [6.45, 7) is 9.70. The summed E-state index contributed by atoms with van der Waals surface area (Å²) in [5.41, 5.74) is 1.14. The van der Waals surface area contributed by atoms with E-state index in [0.717, 1.165) is 11.3 Å². The summed E-state index contributed by atoms with van der Waals surface area (Å²) in [4.78, 5) is 26.7. The van der Waals surface area contributed by atoms with Crippen LogP contribution in [0.2, 0.25) is 0 Å². The van der Waals surface area contributed by atoms with E-state index in [9.17, 15) is 9.59 Å². The third-order valence-corrected chi connectivity index (χ3v) is 4.38. The number of benzene rings is 1. The number of hydrogen-bond acceptors (Lipinski definition) is 2. The number of carbonyl (C=O) groups is 2. The largest absolute Gasteiger partial charge is 0.340 e. The average Bonchev–Trinajstić information content (AvgIpc) is 2.46. The lowest BCUT2D eigenvalue weighted by Crippen LogP contribution is -2.68. The number of anilines is 1. The summed E-state index contributed by atoms with van der Waals surface area (Å²) < 4.78 is 0. The quantitative estimate of drug-likeness (QED) is 0.929. The molecule has 4 heteroatoms. The van der Waals surface area contributed by atoms with Gasteiger partial charge in [0.05, 0.1) is 0 Å². The predicted molar refractivity (Wildman–Crippen MR) is 84.3 cm³/mol. The third-order valence-electron chi connectivity index (χ3n) is 4.38. The lowest BCUT2D eigenvalue weighted by atomic mass is 9.91. The maximum Gasteiger partial charge on any atom is 0.253 e. The molecule has 4 nitrogen and oxygen atoms in total. The highest BCUT2D eigenvalue weighted by molar-refractivity contribution is 6.10. The van der Waals surface area contributed by atoms with Gasteiger partial charge in [0.15, 0.2) is 0 Å². The molecule has 0 saturated carbocycles. The molecule has 0 aliphatic carbocycles. The summed E-state index contributed by atoms with van der Waals surface area (Å²) in [5, 5.41) is 2.85. The van der Waals surface area contributed by atoms with Crippen LogP contribution >= 0.6 is 0 Å². The molecular weight excluding hydrogens is 264 g/mol. The van der Waals surface area contributed by atoms with E-state index in [-0.39, 0.29) is 11.8 Å². The smallest absolute Gasteiger partial charge is 0.253 e. The van der Waals surface area contributed by atoms with E-state index in [4.69, 9.17) is 0 Å². The minimum absolute atomic E-state index is 0.0435. The summed E-state index contributed by atoms with van der Waals surface area (Å²) in [6.07, 6.45) is 0.574. The number of amides is 2. The van der Waals surface area contributed by atoms with Crippen LogP contribution in [-0.4, -0.2) is 23.4 Å². The van der Waals surface area contributed by atoms with Gasteiger partial charge in [-0.1, -0.05) is 32.9 Å². The topological polar surface area (TPSA) is 49.4 Å². The van der Waals surface area contributed by atoms with Crippen molar-refractivity contribution in [1.82, 2.24) is 5.32 Å². The van der Waals surface area contributed by atoms with E-state index in [0.29, 0.717) is 12.3 Å². The number of rotatable bonds is 3. The molecule has 1 aliphatic rings. The first-order valence-corrected chi connectivity index (χ1v) is 7.56. The van der Waals surface area contributed by atoms with E-state index < -0.39 is 11.6 Å². The molecule has 2 amide bonds. The van der Waals surface area contributed by atoms with Crippen LogP contribution < -0.4 is 10.2 Å². The van der Waals surface area contributed by atoms with Crippen molar-refractivity contribution in [3.8, 4) is 0 Å². The van der Waals surface area contributed by atoms with Crippen LogP contribution in [0.3, 0.4) is 0 Å². The van der Waals surface area contributed by atoms with Crippen molar-refractivity contribution in [3.05, 3.63) is 29.8 Å². The van der Waals surface area contributed by atoms with Gasteiger partial charge in [0, 0.05) is 5.69 Å². The maximum absolute atomic E-state index is 12.8. The Morgan fingerprint density at radius 1 is 1.33 bits per heavy atom. The van der Waals surface area contributed by atoms with Crippen LogP contribution in [0.4, 0.5) is 5.69 Å². The summed E-state index contributed by atoms with van der Waals surface area (Å²) in [6, 6.07) is 7.41. The molecule has 0 aromatic heterocycles. The Morgan fingerprint density at radius 2 is 2.00 bits per heavy atom. The van der Waals surface area contributed by atoms with Crippen molar-refractivity contribution in [2.75, 3.05) is 4.90 Å². The normalized spacial score (nSPS) is 26.2. The Labute approximate surface area is 126 Å². The standard InChI is InChI=1S/C17H24N2O2/c1-6-17(5)16(21)19(12(4)15(20)18-17)14-9-7-8-13(10-14)11(2)3/h7-12H,6H2,1-5H3,(H,18,20). The van der Waals surface area contributed by atoms with Gasteiger partial charge in [-0.3, -0.25) is 14.5 Å². The molecule has 21 heavy (non-hydrogen) atoms. The second-order valence-corrected chi connectivity index (χ2v) is 6.28. The van der Waals surface area contributed by atoms with Gasteiger partial charge in [-0.25, -0.2) is 0 Å². The number of hydrogen-bond donors (Lipinski definition) is 1. The Bertz CT molecular complexity index is 568. The molecule has 0 bridgehead atoms. The Balaban J connectivity index is 2.46. The predicted octanol–water partition coefficient (Wildman–Crippen LogP) is 2.83. The molecule has 114 valence electrons. The molecule has 2 unspecified atom stereocenters. The first kappa shape index (κ1) is 15.5. The lowest BCUT2D eigenvalue weighted by molar-refractivity contribution is -0.137. The summed E-state index contributed by atoms with van der Waals surface area (Å²) in [5.74, 6) is 0.235. The van der Waals surface area contributed by atoms with Crippen molar-refractivity contribution in [1.29, 1.82) is 0 Å². The van der Waals surface area contributed by atoms with Gasteiger partial charge in [-0.2, -0.15) is 0 Å². The fraction of sp³-hybridized carbons (Fsp3) is 0.529. The molecule has 2 rings (SSSR count). The van der Waals surface area contributed by atoms with Gasteiger partial charge in [-0.15, -0.1) is 0 Å². The van der Waals surface area contributed by atoms with Gasteiger partial charge in [-0.05, 0) is 43.9 Å². The van der Waals surface area contributed by atoms with Gasteiger partial charge >= 0.3 is 0 Å². The van der Waals surface area contributed by atoms with Gasteiger partial charge in [0.1, 0.15) is 11.6 Å². The van der Waals surface area contributed by atoms with Gasteiger partial charge in [0.2, 0.25) is 5.91 Å². The van der Waals surface area contributed by atoms with Gasteiger partial charge in [0.25, 0.3) is 5.91 Å². The molecule has 2 atom stereocenters. The fourth-order valence-corrected chi connectivity index (χ4v) is 2.60. The molecular formula is C17H24N2O2. The zero-order chi connectivity index (χ0) is 15.8. The monoisotopic (exact) mass is 288 g/mol. The van der Waals surface area contributed by atoms with E-state index in [1.54, 1.807) is 18.7 Å². The number of nitrogens with one attached hydrogen (secondary N) is 1. The zero-order valence-corrected chi connectivity index (χ0v) is 13.4. The van der Waals surface area contributed by atoms with Crippen molar-refractivity contribution >= 4 is 17.5 Å². The molecule has 1 aromatic rings. The summed E-state index contributed by atoms with van der Waals surface area (Å²) in [7, 11) is 0. The van der Waals surface area contributed by atoms with Crippen LogP contribution in [0.1, 0.15) is 52.5 Å². The van der Waals surface area contributed by atoms with Crippen molar-refractivity contribution < 1.29 is 9.59 Å². The Hall–Kier alpha value is -1.84. The molecule has 1 aliphatic heterocycles. The highest BCUT2D eigenvalue weighted by Crippen LogP contribution is 2.29. The molecule has 1 heterocycles. The second-order valence-electron chi connectivity index (χ2n) is 6.28. The molecule has 1 aromatic carbocycles.